The Morgan fingerprint density at radius 3 is 2.57 bits per heavy atom. The fraction of sp³-hybridized carbons (Fsp3) is 0.121. The van der Waals surface area contributed by atoms with Gasteiger partial charge in [0.25, 0.3) is 11.5 Å². The Morgan fingerprint density at radius 1 is 1.00 bits per heavy atom. The van der Waals surface area contributed by atoms with Crippen LogP contribution in [0, 0.1) is 18.8 Å². The number of rotatable bonds is 4. The van der Waals surface area contributed by atoms with Crippen molar-refractivity contribution in [3.8, 4) is 17.5 Å². The maximum atomic E-state index is 14.2. The van der Waals surface area contributed by atoms with Crippen LogP contribution in [0.5, 0.6) is 0 Å². The number of amides is 1. The third-order valence-electron chi connectivity index (χ3n) is 7.05. The van der Waals surface area contributed by atoms with Crippen LogP contribution in [0.15, 0.2) is 90.0 Å². The van der Waals surface area contributed by atoms with E-state index in [1.54, 1.807) is 15.4 Å². The zero-order valence-corrected chi connectivity index (χ0v) is 23.3. The lowest BCUT2D eigenvalue weighted by Crippen LogP contribution is -2.33. The summed E-state index contributed by atoms with van der Waals surface area (Å²) in [5.74, 6) is 5.84. The van der Waals surface area contributed by atoms with Gasteiger partial charge in [-0.3, -0.25) is 23.8 Å². The maximum Gasteiger partial charge on any atom is 0.264 e. The molecular weight excluding hydrogens is 526 g/mol. The Labute approximate surface area is 241 Å². The van der Waals surface area contributed by atoms with E-state index in [0.717, 1.165) is 5.69 Å². The molecule has 0 aliphatic carbocycles. The number of aromatic nitrogens is 5. The molecule has 0 fully saturated rings. The van der Waals surface area contributed by atoms with Crippen LogP contribution in [0.25, 0.3) is 27.4 Å². The Bertz CT molecular complexity index is 2110. The van der Waals surface area contributed by atoms with E-state index in [1.807, 2.05) is 99.9 Å². The van der Waals surface area contributed by atoms with E-state index >= 15 is 0 Å². The molecule has 0 radical (unpaired) electrons. The van der Waals surface area contributed by atoms with Gasteiger partial charge in [-0.1, -0.05) is 36.3 Å². The second kappa shape index (κ2) is 10.7. The maximum absolute atomic E-state index is 14.2. The molecule has 4 heterocycles. The van der Waals surface area contributed by atoms with Crippen molar-refractivity contribution in [2.45, 2.75) is 19.9 Å². The molecule has 0 spiro atoms. The predicted octanol–water partition coefficient (Wildman–Crippen LogP) is 4.45. The van der Waals surface area contributed by atoms with E-state index in [-0.39, 0.29) is 16.9 Å². The number of benzene rings is 2. The summed E-state index contributed by atoms with van der Waals surface area (Å²) < 4.78 is 3.29. The zero-order chi connectivity index (χ0) is 29.4. The van der Waals surface area contributed by atoms with Gasteiger partial charge in [0.05, 0.1) is 16.9 Å². The molecule has 4 aromatic heterocycles. The molecule has 1 atom stereocenters. The Hall–Kier alpha value is -5.75. The summed E-state index contributed by atoms with van der Waals surface area (Å²) in [4.78, 5) is 36.7. The third kappa shape index (κ3) is 4.86. The van der Waals surface area contributed by atoms with Gasteiger partial charge in [0, 0.05) is 47.5 Å². The monoisotopic (exact) mass is 553 g/mol. The van der Waals surface area contributed by atoms with Crippen molar-refractivity contribution in [2.24, 2.45) is 7.05 Å². The summed E-state index contributed by atoms with van der Waals surface area (Å²) in [6.45, 7) is 3.68. The number of para-hydroxylation sites is 1. The lowest BCUT2D eigenvalue weighted by atomic mass is 10.0. The number of hydrogen-bond acceptors (Lipinski definition) is 6. The quantitative estimate of drug-likeness (QED) is 0.311. The molecule has 2 aromatic carbocycles. The number of anilines is 1. The SMILES string of the molecule is Cc1ccc2cnc(N)c(C(=O)N[C@@H](C)c3cc4cccc(C#Cc5ccn(C)n5)c4c(=O)n3-c3ccccc3)c2n1. The van der Waals surface area contributed by atoms with E-state index in [9.17, 15) is 9.59 Å². The Morgan fingerprint density at radius 2 is 1.81 bits per heavy atom. The zero-order valence-electron chi connectivity index (χ0n) is 23.3. The minimum atomic E-state index is -0.586. The smallest absolute Gasteiger partial charge is 0.264 e. The highest BCUT2D eigenvalue weighted by Crippen LogP contribution is 2.25. The molecule has 0 bridgehead atoms. The Balaban J connectivity index is 1.48. The molecular formula is C33H27N7O2. The van der Waals surface area contributed by atoms with Crippen LogP contribution < -0.4 is 16.6 Å². The molecule has 6 rings (SSSR count). The first-order valence-corrected chi connectivity index (χ1v) is 13.4. The molecule has 0 aliphatic rings. The standard InChI is InChI=1S/C33H27N7O2/c1-20-12-13-24-19-35-31(34)29(30(24)36-20)32(41)37-21(2)27-18-23-9-7-8-22(14-15-25-16-17-39(3)38-25)28(23)33(42)40(27)26-10-5-4-6-11-26/h4-13,16-19,21H,1-3H3,(H2,34,35)(H,37,41)/t21-/m0/s1. The molecule has 9 nitrogen and oxygen atoms in total. The first kappa shape index (κ1) is 26.5. The number of aryl methyl sites for hydroxylation is 2. The number of nitrogen functional groups attached to an aromatic ring is 1. The fourth-order valence-corrected chi connectivity index (χ4v) is 5.02. The summed E-state index contributed by atoms with van der Waals surface area (Å²) in [5, 5.41) is 9.24. The Kier molecular flexibility index (Phi) is 6.73. The molecule has 206 valence electrons. The highest BCUT2D eigenvalue weighted by molar-refractivity contribution is 6.09. The largest absolute Gasteiger partial charge is 0.383 e. The van der Waals surface area contributed by atoms with Gasteiger partial charge in [-0.05, 0) is 67.6 Å². The van der Waals surface area contributed by atoms with Gasteiger partial charge in [0.1, 0.15) is 17.1 Å². The van der Waals surface area contributed by atoms with E-state index < -0.39 is 11.9 Å². The molecule has 42 heavy (non-hydrogen) atoms. The summed E-state index contributed by atoms with van der Waals surface area (Å²) >= 11 is 0. The molecule has 0 saturated heterocycles. The van der Waals surface area contributed by atoms with Crippen LogP contribution in [-0.4, -0.2) is 30.2 Å². The van der Waals surface area contributed by atoms with Gasteiger partial charge >= 0.3 is 0 Å². The third-order valence-corrected chi connectivity index (χ3v) is 7.05. The average Bonchev–Trinajstić information content (AvgIpc) is 3.40. The van der Waals surface area contributed by atoms with E-state index in [0.29, 0.717) is 44.3 Å². The van der Waals surface area contributed by atoms with Gasteiger partial charge < -0.3 is 11.1 Å². The highest BCUT2D eigenvalue weighted by atomic mass is 16.2. The molecule has 9 heteroatoms. The van der Waals surface area contributed by atoms with Crippen molar-refractivity contribution >= 4 is 33.4 Å². The lowest BCUT2D eigenvalue weighted by molar-refractivity contribution is 0.0941. The van der Waals surface area contributed by atoms with Crippen LogP contribution in [0.3, 0.4) is 0 Å². The van der Waals surface area contributed by atoms with Crippen molar-refractivity contribution in [1.29, 1.82) is 0 Å². The van der Waals surface area contributed by atoms with E-state index in [2.05, 4.69) is 32.2 Å². The topological polar surface area (TPSA) is 121 Å². The molecule has 0 aliphatic heterocycles. The number of nitrogens with zero attached hydrogens (tertiary/aromatic N) is 5. The normalized spacial score (nSPS) is 11.7. The minimum absolute atomic E-state index is 0.0837. The van der Waals surface area contributed by atoms with Crippen molar-refractivity contribution in [3.05, 3.63) is 124 Å². The lowest BCUT2D eigenvalue weighted by Gasteiger charge is -2.22. The second-order valence-corrected chi connectivity index (χ2v) is 10.0. The number of carbonyl (C=O) groups is 1. The van der Waals surface area contributed by atoms with Crippen LogP contribution in [0.4, 0.5) is 5.82 Å². The van der Waals surface area contributed by atoms with E-state index in [1.165, 1.54) is 0 Å². The molecule has 0 unspecified atom stereocenters. The number of pyridine rings is 3. The number of nitrogens with one attached hydrogen (secondary N) is 1. The number of carbonyl (C=O) groups excluding carboxylic acids is 1. The van der Waals surface area contributed by atoms with Gasteiger partial charge in [-0.25, -0.2) is 4.98 Å². The summed E-state index contributed by atoms with van der Waals surface area (Å²) in [5.41, 5.74) is 9.81. The fourth-order valence-electron chi connectivity index (χ4n) is 5.02. The minimum Gasteiger partial charge on any atom is -0.383 e. The first-order valence-electron chi connectivity index (χ1n) is 13.4. The van der Waals surface area contributed by atoms with Gasteiger partial charge in [-0.2, -0.15) is 5.10 Å². The van der Waals surface area contributed by atoms with Gasteiger partial charge in [-0.15, -0.1) is 0 Å². The first-order chi connectivity index (χ1) is 20.3. The number of nitrogens with two attached hydrogens (primary N) is 1. The van der Waals surface area contributed by atoms with E-state index in [4.69, 9.17) is 5.73 Å². The molecule has 1 amide bonds. The van der Waals surface area contributed by atoms with Crippen LogP contribution in [-0.2, 0) is 7.05 Å². The van der Waals surface area contributed by atoms with Crippen LogP contribution in [0.2, 0.25) is 0 Å². The predicted molar refractivity (Wildman–Crippen MR) is 163 cm³/mol. The van der Waals surface area contributed by atoms with Crippen molar-refractivity contribution in [3.63, 3.8) is 0 Å². The van der Waals surface area contributed by atoms with Crippen molar-refractivity contribution in [1.82, 2.24) is 29.6 Å². The summed E-state index contributed by atoms with van der Waals surface area (Å²) in [7, 11) is 1.83. The summed E-state index contributed by atoms with van der Waals surface area (Å²) in [6.07, 6.45) is 3.42. The van der Waals surface area contributed by atoms with Crippen molar-refractivity contribution in [2.75, 3.05) is 5.73 Å². The van der Waals surface area contributed by atoms with Crippen molar-refractivity contribution < 1.29 is 4.79 Å². The van der Waals surface area contributed by atoms with Crippen LogP contribution in [0.1, 0.15) is 46.0 Å². The molecule has 3 N–H and O–H groups in total. The number of hydrogen-bond donors (Lipinski definition) is 2. The van der Waals surface area contributed by atoms with Crippen LogP contribution >= 0.6 is 0 Å². The summed E-state index contributed by atoms with van der Waals surface area (Å²) in [6, 6.07) is 21.7. The average molecular weight is 554 g/mol. The van der Waals surface area contributed by atoms with Gasteiger partial charge in [0.2, 0.25) is 0 Å². The second-order valence-electron chi connectivity index (χ2n) is 10.0. The highest BCUT2D eigenvalue weighted by Gasteiger charge is 2.23. The van der Waals surface area contributed by atoms with Gasteiger partial charge in [0.15, 0.2) is 0 Å². The molecule has 6 aromatic rings. The molecule has 0 saturated carbocycles. The number of fused-ring (bicyclic) bond motifs is 2.